The molecule has 0 aliphatic carbocycles. The molecule has 0 aliphatic rings. The van der Waals surface area contributed by atoms with Crippen molar-refractivity contribution in [2.24, 2.45) is 0 Å². The van der Waals surface area contributed by atoms with Crippen LogP contribution in [0.3, 0.4) is 0 Å². The highest BCUT2D eigenvalue weighted by Crippen LogP contribution is 2.43. The second-order valence-corrected chi connectivity index (χ2v) is 2.36. The summed E-state index contributed by atoms with van der Waals surface area (Å²) in [6.07, 6.45) is 0. The average Bonchev–Trinajstić information content (AvgIpc) is 2.20. The van der Waals surface area contributed by atoms with E-state index >= 15 is 0 Å². The Balaban J connectivity index is 3.18. The molecule has 0 heterocycles. The molecule has 1 rings (SSSR count). The number of ether oxygens (including phenoxy) is 1. The minimum atomic E-state index is -0.404. The second-order valence-electron chi connectivity index (χ2n) is 2.36. The highest BCUT2D eigenvalue weighted by Gasteiger charge is 2.18. The van der Waals surface area contributed by atoms with Crippen LogP contribution in [0.5, 0.6) is 23.0 Å². The second kappa shape index (κ2) is 4.54. The Morgan fingerprint density at radius 3 is 2.29 bits per heavy atom. The van der Waals surface area contributed by atoms with E-state index in [0.29, 0.717) is 6.61 Å². The van der Waals surface area contributed by atoms with Crippen LogP contribution in [0, 0.1) is 0 Å². The summed E-state index contributed by atoms with van der Waals surface area (Å²) in [5, 5.41) is 26.1. The van der Waals surface area contributed by atoms with Crippen molar-refractivity contribution in [1.82, 2.24) is 0 Å². The number of hydrogen-bond acceptors (Lipinski definition) is 6. The monoisotopic (exact) mass is 202 g/mol. The molecule has 0 aromatic heterocycles. The minimum absolute atomic E-state index is 0.150. The summed E-state index contributed by atoms with van der Waals surface area (Å²) in [6, 6.07) is 2.60. The van der Waals surface area contributed by atoms with Gasteiger partial charge in [0.05, 0.1) is 6.61 Å². The van der Waals surface area contributed by atoms with Gasteiger partial charge in [-0.1, -0.05) is 0 Å². The summed E-state index contributed by atoms with van der Waals surface area (Å²) in [4.78, 5) is 7.77. The fourth-order valence-electron chi connectivity index (χ4n) is 0.978. The fourth-order valence-corrected chi connectivity index (χ4v) is 0.978. The third kappa shape index (κ3) is 1.81. The molecule has 0 aliphatic heterocycles. The molecule has 6 nitrogen and oxygen atoms in total. The van der Waals surface area contributed by atoms with E-state index in [1.165, 1.54) is 12.1 Å². The van der Waals surface area contributed by atoms with Gasteiger partial charge < -0.3 is 19.6 Å². The van der Waals surface area contributed by atoms with Gasteiger partial charge in [0.2, 0.25) is 0 Å². The van der Waals surface area contributed by atoms with Crippen LogP contribution in [0.15, 0.2) is 12.1 Å². The van der Waals surface area contributed by atoms with Crippen LogP contribution in [0.4, 0.5) is 0 Å². The first-order valence-corrected chi connectivity index (χ1v) is 3.86. The van der Waals surface area contributed by atoms with E-state index in [1.807, 2.05) is 0 Å². The van der Waals surface area contributed by atoms with E-state index in [4.69, 9.17) is 15.3 Å². The predicted molar refractivity (Wildman–Crippen MR) is 45.8 cm³/mol. The molecular formula is C8H10O6. The maximum atomic E-state index is 9.18. The van der Waals surface area contributed by atoms with Crippen LogP contribution in [0.25, 0.3) is 0 Å². The van der Waals surface area contributed by atoms with E-state index in [2.05, 4.69) is 9.78 Å². The van der Waals surface area contributed by atoms with Crippen molar-refractivity contribution < 1.29 is 30.1 Å². The average molecular weight is 202 g/mol. The summed E-state index contributed by atoms with van der Waals surface area (Å²) >= 11 is 0. The zero-order valence-electron chi connectivity index (χ0n) is 7.43. The highest BCUT2D eigenvalue weighted by molar-refractivity contribution is 5.57. The quantitative estimate of drug-likeness (QED) is 0.506. The Morgan fingerprint density at radius 2 is 1.79 bits per heavy atom. The molecule has 6 heteroatoms. The number of phenolic OH excluding ortho intramolecular Hbond substituents is 1. The van der Waals surface area contributed by atoms with Crippen LogP contribution in [-0.4, -0.2) is 22.2 Å². The molecule has 0 saturated heterocycles. The van der Waals surface area contributed by atoms with Crippen molar-refractivity contribution in [3.05, 3.63) is 12.1 Å². The number of phenols is 1. The van der Waals surface area contributed by atoms with Gasteiger partial charge in [0.25, 0.3) is 11.5 Å². The van der Waals surface area contributed by atoms with Crippen LogP contribution < -0.4 is 14.5 Å². The van der Waals surface area contributed by atoms with Crippen molar-refractivity contribution in [3.63, 3.8) is 0 Å². The summed E-state index contributed by atoms with van der Waals surface area (Å²) in [5.74, 6) is -0.912. The standard InChI is InChI=1S/C8H10O6/c1-2-12-6-4-3-5(9)7(13-10)8(6)14-11/h3-4,9-11H,2H2,1H3. The number of aromatic hydroxyl groups is 1. The summed E-state index contributed by atoms with van der Waals surface area (Å²) in [5.41, 5.74) is 0. The van der Waals surface area contributed by atoms with Crippen molar-refractivity contribution in [2.75, 3.05) is 6.61 Å². The predicted octanol–water partition coefficient (Wildman–Crippen LogP) is 1.49. The van der Waals surface area contributed by atoms with E-state index in [-0.39, 0.29) is 17.2 Å². The van der Waals surface area contributed by atoms with Crippen LogP contribution in [0.2, 0.25) is 0 Å². The Bertz CT molecular complexity index is 311. The number of rotatable bonds is 4. The SMILES string of the molecule is CCOc1ccc(O)c(OO)c1OO. The topological polar surface area (TPSA) is 88.4 Å². The summed E-state index contributed by atoms with van der Waals surface area (Å²) in [7, 11) is 0. The largest absolute Gasteiger partial charge is 0.504 e. The van der Waals surface area contributed by atoms with Gasteiger partial charge >= 0.3 is 0 Å². The van der Waals surface area contributed by atoms with Crippen molar-refractivity contribution in [1.29, 1.82) is 0 Å². The summed E-state index contributed by atoms with van der Waals surface area (Å²) < 4.78 is 5.04. The normalized spacial score (nSPS) is 9.64. The van der Waals surface area contributed by atoms with Gasteiger partial charge in [0.1, 0.15) is 0 Å². The van der Waals surface area contributed by atoms with Crippen LogP contribution in [0.1, 0.15) is 6.92 Å². The molecule has 1 aromatic rings. The molecule has 14 heavy (non-hydrogen) atoms. The molecule has 0 radical (unpaired) electrons. The van der Waals surface area contributed by atoms with Gasteiger partial charge in [-0.05, 0) is 19.1 Å². The van der Waals surface area contributed by atoms with Crippen molar-refractivity contribution in [3.8, 4) is 23.0 Å². The van der Waals surface area contributed by atoms with Gasteiger partial charge in [-0.25, -0.2) is 10.5 Å². The lowest BCUT2D eigenvalue weighted by molar-refractivity contribution is -0.166. The first-order chi connectivity index (χ1) is 6.74. The van der Waals surface area contributed by atoms with Gasteiger partial charge in [-0.2, -0.15) is 0 Å². The van der Waals surface area contributed by atoms with Gasteiger partial charge in [0, 0.05) is 0 Å². The van der Waals surface area contributed by atoms with Gasteiger partial charge in [0.15, 0.2) is 11.5 Å². The zero-order valence-corrected chi connectivity index (χ0v) is 7.43. The molecule has 78 valence electrons. The molecular weight excluding hydrogens is 192 g/mol. The Labute approximate surface area is 79.7 Å². The van der Waals surface area contributed by atoms with Crippen molar-refractivity contribution in [2.45, 2.75) is 6.92 Å². The molecule has 0 bridgehead atoms. The smallest absolute Gasteiger partial charge is 0.256 e. The molecule has 0 fully saturated rings. The Morgan fingerprint density at radius 1 is 1.14 bits per heavy atom. The summed E-state index contributed by atoms with van der Waals surface area (Å²) in [6.45, 7) is 2.07. The van der Waals surface area contributed by atoms with E-state index in [1.54, 1.807) is 6.92 Å². The molecule has 1 aromatic carbocycles. The molecule has 0 unspecified atom stereocenters. The third-order valence-electron chi connectivity index (χ3n) is 1.54. The minimum Gasteiger partial charge on any atom is -0.504 e. The lowest BCUT2D eigenvalue weighted by atomic mass is 10.2. The van der Waals surface area contributed by atoms with E-state index in [0.717, 1.165) is 0 Å². The third-order valence-corrected chi connectivity index (χ3v) is 1.54. The lowest BCUT2D eigenvalue weighted by Crippen LogP contribution is -1.98. The Hall–Kier alpha value is -1.66. The van der Waals surface area contributed by atoms with Gasteiger partial charge in [-0.15, -0.1) is 0 Å². The fraction of sp³-hybridized carbons (Fsp3) is 0.250. The van der Waals surface area contributed by atoms with E-state index in [9.17, 15) is 5.11 Å². The highest BCUT2D eigenvalue weighted by atomic mass is 17.1. The van der Waals surface area contributed by atoms with Crippen LogP contribution in [-0.2, 0) is 0 Å². The molecule has 0 spiro atoms. The number of hydrogen-bond donors (Lipinski definition) is 3. The first kappa shape index (κ1) is 10.4. The van der Waals surface area contributed by atoms with Crippen LogP contribution >= 0.6 is 0 Å². The number of benzene rings is 1. The molecule has 3 N–H and O–H groups in total. The lowest BCUT2D eigenvalue weighted by Gasteiger charge is -2.10. The maximum Gasteiger partial charge on any atom is 0.256 e. The molecule has 0 atom stereocenters. The molecule has 0 amide bonds. The molecule has 0 saturated carbocycles. The zero-order chi connectivity index (χ0) is 10.6. The van der Waals surface area contributed by atoms with Crippen molar-refractivity contribution >= 4 is 0 Å². The van der Waals surface area contributed by atoms with Gasteiger partial charge in [-0.3, -0.25) is 0 Å². The maximum absolute atomic E-state index is 9.18. The Kier molecular flexibility index (Phi) is 3.38. The first-order valence-electron chi connectivity index (χ1n) is 3.86. The van der Waals surface area contributed by atoms with E-state index < -0.39 is 5.75 Å².